The molecule has 1 fully saturated rings. The minimum atomic E-state index is -0.441. The van der Waals surface area contributed by atoms with E-state index < -0.39 is 6.04 Å². The Morgan fingerprint density at radius 2 is 2.04 bits per heavy atom. The number of hydrogen-bond acceptors (Lipinski definition) is 4. The molecular weight excluding hydrogens is 302 g/mol. The van der Waals surface area contributed by atoms with Gasteiger partial charge < -0.3 is 11.1 Å². The van der Waals surface area contributed by atoms with Gasteiger partial charge in [-0.05, 0) is 44.7 Å². The third kappa shape index (κ3) is 3.48. The Morgan fingerprint density at radius 3 is 2.62 bits per heavy atom. The van der Waals surface area contributed by atoms with E-state index in [1.54, 1.807) is 6.20 Å². The van der Waals surface area contributed by atoms with Crippen LogP contribution in [0.15, 0.2) is 18.3 Å². The first-order valence-corrected chi connectivity index (χ1v) is 8.60. The number of rotatable bonds is 4. The maximum Gasteiger partial charge on any atom is 0.241 e. The summed E-state index contributed by atoms with van der Waals surface area (Å²) >= 11 is 0. The number of nitrogens with one attached hydrogen (secondary N) is 2. The quantitative estimate of drug-likeness (QED) is 0.804. The van der Waals surface area contributed by atoms with Crippen LogP contribution in [0.3, 0.4) is 0 Å². The molecule has 6 heteroatoms. The van der Waals surface area contributed by atoms with Gasteiger partial charge in [0.1, 0.15) is 0 Å². The Hall–Kier alpha value is -2.21. The molecule has 0 unspecified atom stereocenters. The van der Waals surface area contributed by atoms with E-state index in [9.17, 15) is 4.79 Å². The molecular formula is C18H25N5O. The zero-order valence-corrected chi connectivity index (χ0v) is 14.3. The lowest BCUT2D eigenvalue weighted by Crippen LogP contribution is -2.42. The fourth-order valence-electron chi connectivity index (χ4n) is 3.48. The number of H-pyrrole nitrogens is 1. The largest absolute Gasteiger partial charge is 0.323 e. The van der Waals surface area contributed by atoms with Crippen molar-refractivity contribution in [1.29, 1.82) is 0 Å². The van der Waals surface area contributed by atoms with Crippen LogP contribution >= 0.6 is 0 Å². The van der Waals surface area contributed by atoms with Gasteiger partial charge in [0.15, 0.2) is 0 Å². The summed E-state index contributed by atoms with van der Waals surface area (Å²) in [6, 6.07) is 3.31. The molecule has 0 aliphatic heterocycles. The summed E-state index contributed by atoms with van der Waals surface area (Å²) in [5.74, 6) is 0.175. The van der Waals surface area contributed by atoms with Crippen molar-refractivity contribution in [2.75, 3.05) is 5.32 Å². The molecule has 2 aromatic rings. The number of nitrogens with two attached hydrogens (primary N) is 1. The highest BCUT2D eigenvalue weighted by Crippen LogP contribution is 2.27. The first-order valence-electron chi connectivity index (χ1n) is 8.60. The van der Waals surface area contributed by atoms with Crippen LogP contribution in [0.5, 0.6) is 0 Å². The standard InChI is InChI=1S/C18H25N5O/c1-11-16(12(2)23-22-11)15-9-8-14(10-20-15)21-18(24)17(19)13-6-4-3-5-7-13/h8-10,13,17H,3-7,19H2,1-2H3,(H,21,24)(H,22,23)/t17-/m0/s1. The molecule has 3 rings (SSSR count). The van der Waals surface area contributed by atoms with Crippen LogP contribution in [0.2, 0.25) is 0 Å². The number of pyridine rings is 1. The van der Waals surface area contributed by atoms with Crippen LogP contribution in [-0.4, -0.2) is 27.1 Å². The van der Waals surface area contributed by atoms with Gasteiger partial charge in [-0.3, -0.25) is 14.9 Å². The topological polar surface area (TPSA) is 96.7 Å². The highest BCUT2D eigenvalue weighted by atomic mass is 16.2. The molecule has 24 heavy (non-hydrogen) atoms. The van der Waals surface area contributed by atoms with Crippen LogP contribution in [0, 0.1) is 19.8 Å². The van der Waals surface area contributed by atoms with Gasteiger partial charge in [0.05, 0.1) is 29.3 Å². The van der Waals surface area contributed by atoms with E-state index in [0.29, 0.717) is 11.6 Å². The van der Waals surface area contributed by atoms with Gasteiger partial charge in [-0.25, -0.2) is 0 Å². The fourth-order valence-corrected chi connectivity index (χ4v) is 3.48. The SMILES string of the molecule is Cc1n[nH]c(C)c1-c1ccc(NC(=O)[C@@H](N)C2CCCCC2)cn1. The second kappa shape index (κ2) is 7.13. The Kier molecular flexibility index (Phi) is 4.94. The van der Waals surface area contributed by atoms with E-state index in [0.717, 1.165) is 35.5 Å². The Morgan fingerprint density at radius 1 is 1.29 bits per heavy atom. The lowest BCUT2D eigenvalue weighted by molar-refractivity contribution is -0.118. The first kappa shape index (κ1) is 16.6. The second-order valence-corrected chi connectivity index (χ2v) is 6.65. The van der Waals surface area contributed by atoms with Gasteiger partial charge in [-0.15, -0.1) is 0 Å². The normalized spacial score (nSPS) is 16.8. The molecule has 2 aromatic heterocycles. The van der Waals surface area contributed by atoms with Crippen molar-refractivity contribution in [3.05, 3.63) is 29.7 Å². The molecule has 2 heterocycles. The number of anilines is 1. The minimum absolute atomic E-state index is 0.118. The van der Waals surface area contributed by atoms with Gasteiger partial charge in [0.25, 0.3) is 0 Å². The van der Waals surface area contributed by atoms with Crippen molar-refractivity contribution in [3.63, 3.8) is 0 Å². The highest BCUT2D eigenvalue weighted by molar-refractivity contribution is 5.94. The molecule has 0 bridgehead atoms. The minimum Gasteiger partial charge on any atom is -0.323 e. The molecule has 0 spiro atoms. The number of carbonyl (C=O) groups is 1. The van der Waals surface area contributed by atoms with Gasteiger partial charge in [0, 0.05) is 11.3 Å². The Balaban J connectivity index is 1.66. The van der Waals surface area contributed by atoms with Crippen LogP contribution in [0.1, 0.15) is 43.5 Å². The van der Waals surface area contributed by atoms with Gasteiger partial charge in [-0.1, -0.05) is 19.3 Å². The lowest BCUT2D eigenvalue weighted by Gasteiger charge is -2.26. The van der Waals surface area contributed by atoms with E-state index in [2.05, 4.69) is 20.5 Å². The van der Waals surface area contributed by atoms with Gasteiger partial charge in [-0.2, -0.15) is 5.10 Å². The number of aromatic nitrogens is 3. The summed E-state index contributed by atoms with van der Waals surface area (Å²) in [4.78, 5) is 16.8. The van der Waals surface area contributed by atoms with Crippen molar-refractivity contribution in [3.8, 4) is 11.3 Å². The van der Waals surface area contributed by atoms with Crippen molar-refractivity contribution >= 4 is 11.6 Å². The highest BCUT2D eigenvalue weighted by Gasteiger charge is 2.26. The summed E-state index contributed by atoms with van der Waals surface area (Å²) in [5, 5.41) is 10.0. The monoisotopic (exact) mass is 327 g/mol. The number of aryl methyl sites for hydroxylation is 2. The van der Waals surface area contributed by atoms with Crippen LogP contribution < -0.4 is 11.1 Å². The summed E-state index contributed by atoms with van der Waals surface area (Å²) in [5.41, 5.74) is 10.6. The molecule has 1 amide bonds. The summed E-state index contributed by atoms with van der Waals surface area (Å²) < 4.78 is 0. The Bertz CT molecular complexity index is 681. The number of hydrogen-bond donors (Lipinski definition) is 3. The third-order valence-corrected chi connectivity index (χ3v) is 4.88. The van der Waals surface area contributed by atoms with E-state index in [1.165, 1.54) is 19.3 Å². The summed E-state index contributed by atoms with van der Waals surface area (Å²) in [6.45, 7) is 3.91. The average molecular weight is 327 g/mol. The maximum atomic E-state index is 12.4. The lowest BCUT2D eigenvalue weighted by atomic mass is 9.84. The molecule has 4 N–H and O–H groups in total. The third-order valence-electron chi connectivity index (χ3n) is 4.88. The van der Waals surface area contributed by atoms with E-state index in [4.69, 9.17) is 5.73 Å². The maximum absolute atomic E-state index is 12.4. The first-order chi connectivity index (χ1) is 11.6. The van der Waals surface area contributed by atoms with Crippen molar-refractivity contribution in [2.45, 2.75) is 52.0 Å². The van der Waals surface area contributed by atoms with Crippen LogP contribution in [0.4, 0.5) is 5.69 Å². The molecule has 128 valence electrons. The van der Waals surface area contributed by atoms with E-state index >= 15 is 0 Å². The predicted octanol–water partition coefficient (Wildman–Crippen LogP) is 2.93. The second-order valence-electron chi connectivity index (χ2n) is 6.65. The van der Waals surface area contributed by atoms with E-state index in [-0.39, 0.29) is 5.91 Å². The molecule has 0 aromatic carbocycles. The Labute approximate surface area is 142 Å². The number of nitrogens with zero attached hydrogens (tertiary/aromatic N) is 2. The number of carbonyl (C=O) groups excluding carboxylic acids is 1. The zero-order valence-electron chi connectivity index (χ0n) is 14.3. The molecule has 0 saturated heterocycles. The zero-order chi connectivity index (χ0) is 17.1. The molecule has 0 radical (unpaired) electrons. The van der Waals surface area contributed by atoms with Crippen LogP contribution in [0.25, 0.3) is 11.3 Å². The van der Waals surface area contributed by atoms with Crippen molar-refractivity contribution < 1.29 is 4.79 Å². The number of amides is 1. The summed E-state index contributed by atoms with van der Waals surface area (Å²) in [7, 11) is 0. The molecule has 1 aliphatic rings. The molecule has 1 saturated carbocycles. The van der Waals surface area contributed by atoms with Gasteiger partial charge >= 0.3 is 0 Å². The molecule has 1 aliphatic carbocycles. The summed E-state index contributed by atoms with van der Waals surface area (Å²) in [6.07, 6.45) is 7.36. The van der Waals surface area contributed by atoms with Crippen LogP contribution in [-0.2, 0) is 4.79 Å². The van der Waals surface area contributed by atoms with Crippen molar-refractivity contribution in [1.82, 2.24) is 15.2 Å². The van der Waals surface area contributed by atoms with Crippen molar-refractivity contribution in [2.24, 2.45) is 11.7 Å². The fraction of sp³-hybridized carbons (Fsp3) is 0.500. The average Bonchev–Trinajstić information content (AvgIpc) is 2.94. The predicted molar refractivity (Wildman–Crippen MR) is 94.5 cm³/mol. The smallest absolute Gasteiger partial charge is 0.241 e. The van der Waals surface area contributed by atoms with Gasteiger partial charge in [0.2, 0.25) is 5.91 Å². The molecule has 6 nitrogen and oxygen atoms in total. The van der Waals surface area contributed by atoms with E-state index in [1.807, 2.05) is 26.0 Å². The number of aromatic amines is 1. The molecule has 1 atom stereocenters.